The topological polar surface area (TPSA) is 26.3 Å². The van der Waals surface area contributed by atoms with Crippen molar-refractivity contribution in [3.63, 3.8) is 0 Å². The number of likely N-dealkylation sites (N-methyl/N-ethyl adjacent to an activating group) is 1. The van der Waals surface area contributed by atoms with Gasteiger partial charge < -0.3 is 9.22 Å². The predicted octanol–water partition coefficient (Wildman–Crippen LogP) is 2.84. The second-order valence-electron chi connectivity index (χ2n) is 6.11. The first-order valence-electron chi connectivity index (χ1n) is 6.74. The van der Waals surface area contributed by atoms with E-state index in [1.807, 2.05) is 20.8 Å². The number of carbonyl (C=O) groups is 1. The zero-order valence-corrected chi connectivity index (χ0v) is 12.5. The molecule has 0 N–H and O–H groups in total. The average molecular weight is 244 g/mol. The lowest BCUT2D eigenvalue weighted by Gasteiger charge is -2.30. The fourth-order valence-corrected chi connectivity index (χ4v) is 1.42. The fraction of sp³-hybridized carbons (Fsp3) is 0.929. The summed E-state index contributed by atoms with van der Waals surface area (Å²) in [4.78, 5) is 11.8. The molecule has 0 bridgehead atoms. The Bertz CT molecular complexity index is 234. The van der Waals surface area contributed by atoms with Gasteiger partial charge in [-0.05, 0) is 26.7 Å². The van der Waals surface area contributed by atoms with E-state index in [4.69, 9.17) is 4.74 Å². The Morgan fingerprint density at radius 3 is 2.24 bits per heavy atom. The Hall–Kier alpha value is -0.570. The molecule has 0 fully saturated rings. The van der Waals surface area contributed by atoms with Crippen molar-refractivity contribution in [2.45, 2.75) is 47.0 Å². The quantitative estimate of drug-likeness (QED) is 0.485. The van der Waals surface area contributed by atoms with Gasteiger partial charge in [0, 0.05) is 0 Å². The summed E-state index contributed by atoms with van der Waals surface area (Å²) >= 11 is 0. The lowest BCUT2D eigenvalue weighted by Crippen LogP contribution is -2.43. The lowest BCUT2D eigenvalue weighted by molar-refractivity contribution is -0.890. The molecule has 0 aliphatic carbocycles. The molecule has 0 aliphatic rings. The molecule has 0 aromatic heterocycles. The highest BCUT2D eigenvalue weighted by Crippen LogP contribution is 2.21. The third-order valence-electron chi connectivity index (χ3n) is 3.48. The van der Waals surface area contributed by atoms with Crippen molar-refractivity contribution < 1.29 is 14.0 Å². The van der Waals surface area contributed by atoms with Gasteiger partial charge in [0.2, 0.25) is 0 Å². The van der Waals surface area contributed by atoms with Crippen LogP contribution in [0.1, 0.15) is 47.0 Å². The molecule has 0 spiro atoms. The average Bonchev–Trinajstić information content (AvgIpc) is 2.26. The molecule has 17 heavy (non-hydrogen) atoms. The highest BCUT2D eigenvalue weighted by molar-refractivity contribution is 5.75. The van der Waals surface area contributed by atoms with Gasteiger partial charge in [-0.15, -0.1) is 0 Å². The van der Waals surface area contributed by atoms with E-state index >= 15 is 0 Å². The van der Waals surface area contributed by atoms with Crippen molar-refractivity contribution in [1.82, 2.24) is 0 Å². The number of hydrogen-bond acceptors (Lipinski definition) is 2. The van der Waals surface area contributed by atoms with E-state index in [0.29, 0.717) is 6.61 Å². The van der Waals surface area contributed by atoms with Crippen molar-refractivity contribution in [2.75, 3.05) is 33.8 Å². The minimum atomic E-state index is -0.347. The summed E-state index contributed by atoms with van der Waals surface area (Å²) < 4.78 is 6.28. The molecule has 102 valence electrons. The Kier molecular flexibility index (Phi) is 6.76. The highest BCUT2D eigenvalue weighted by Gasteiger charge is 2.27. The third kappa shape index (κ3) is 6.67. The number of esters is 1. The van der Waals surface area contributed by atoms with Crippen LogP contribution in [0.5, 0.6) is 0 Å². The van der Waals surface area contributed by atoms with E-state index in [9.17, 15) is 4.79 Å². The van der Waals surface area contributed by atoms with Gasteiger partial charge in [-0.2, -0.15) is 0 Å². The molecule has 0 saturated carbocycles. The summed E-state index contributed by atoms with van der Waals surface area (Å²) in [6.45, 7) is 10.7. The maximum atomic E-state index is 11.8. The molecule has 3 nitrogen and oxygen atoms in total. The first kappa shape index (κ1) is 16.4. The number of carbonyl (C=O) groups excluding carboxylic acids is 1. The van der Waals surface area contributed by atoms with Gasteiger partial charge in [-0.3, -0.25) is 4.79 Å². The first-order chi connectivity index (χ1) is 7.75. The second kappa shape index (κ2) is 7.00. The van der Waals surface area contributed by atoms with Gasteiger partial charge in [0.15, 0.2) is 0 Å². The van der Waals surface area contributed by atoms with Crippen molar-refractivity contribution >= 4 is 5.97 Å². The number of ether oxygens (including phenoxy) is 1. The van der Waals surface area contributed by atoms with Crippen LogP contribution in [0.2, 0.25) is 0 Å². The first-order valence-corrected chi connectivity index (χ1v) is 6.74. The summed E-state index contributed by atoms with van der Waals surface area (Å²) in [6.07, 6.45) is 3.26. The summed E-state index contributed by atoms with van der Waals surface area (Å²) in [5, 5.41) is 0. The molecule has 3 heteroatoms. The monoisotopic (exact) mass is 244 g/mol. The van der Waals surface area contributed by atoms with E-state index in [1.165, 1.54) is 12.8 Å². The van der Waals surface area contributed by atoms with Crippen molar-refractivity contribution in [1.29, 1.82) is 0 Å². The molecule has 0 radical (unpaired) electrons. The van der Waals surface area contributed by atoms with Gasteiger partial charge in [0.25, 0.3) is 0 Å². The van der Waals surface area contributed by atoms with Crippen molar-refractivity contribution in [3.8, 4) is 0 Å². The Balaban J connectivity index is 3.94. The predicted molar refractivity (Wildman–Crippen MR) is 71.8 cm³/mol. The van der Waals surface area contributed by atoms with E-state index in [2.05, 4.69) is 21.0 Å². The van der Waals surface area contributed by atoms with Crippen LogP contribution in [0.25, 0.3) is 0 Å². The van der Waals surface area contributed by atoms with Gasteiger partial charge in [0.1, 0.15) is 13.2 Å². The van der Waals surface area contributed by atoms with Crippen LogP contribution in [-0.2, 0) is 9.53 Å². The molecule has 0 aromatic carbocycles. The Morgan fingerprint density at radius 2 is 1.76 bits per heavy atom. The normalized spacial score (nSPS) is 12.6. The smallest absolute Gasteiger partial charge is 0.311 e. The molecule has 0 atom stereocenters. The van der Waals surface area contributed by atoms with Crippen LogP contribution >= 0.6 is 0 Å². The number of quaternary nitrogens is 1. The number of hydrogen-bond donors (Lipinski definition) is 0. The molecule has 0 unspecified atom stereocenters. The lowest BCUT2D eigenvalue weighted by atomic mass is 9.91. The summed E-state index contributed by atoms with van der Waals surface area (Å²) in [5.41, 5.74) is -0.347. The molecule has 0 rings (SSSR count). The third-order valence-corrected chi connectivity index (χ3v) is 3.48. The maximum absolute atomic E-state index is 11.8. The summed E-state index contributed by atoms with van der Waals surface area (Å²) in [6, 6.07) is 0. The minimum Gasteiger partial charge on any atom is -0.459 e. The largest absolute Gasteiger partial charge is 0.459 e. The number of rotatable bonds is 8. The Labute approximate surface area is 107 Å². The fourth-order valence-electron chi connectivity index (χ4n) is 1.42. The highest BCUT2D eigenvalue weighted by atomic mass is 16.5. The van der Waals surface area contributed by atoms with Crippen LogP contribution in [0.15, 0.2) is 0 Å². The molecule has 0 amide bonds. The molecule has 0 saturated heterocycles. The van der Waals surface area contributed by atoms with Crippen molar-refractivity contribution in [2.24, 2.45) is 5.41 Å². The van der Waals surface area contributed by atoms with Crippen LogP contribution in [0.3, 0.4) is 0 Å². The van der Waals surface area contributed by atoms with Crippen LogP contribution in [0.4, 0.5) is 0 Å². The second-order valence-corrected chi connectivity index (χ2v) is 6.11. The van der Waals surface area contributed by atoms with Gasteiger partial charge in [-0.1, -0.05) is 20.3 Å². The molecule has 0 aromatic rings. The minimum absolute atomic E-state index is 0.0736. The SMILES string of the molecule is CCCC[N+](C)(C)CCOC(=O)C(C)(C)CC. The van der Waals surface area contributed by atoms with E-state index in [1.54, 1.807) is 0 Å². The van der Waals surface area contributed by atoms with E-state index in [0.717, 1.165) is 24.0 Å². The van der Waals surface area contributed by atoms with Crippen LogP contribution < -0.4 is 0 Å². The van der Waals surface area contributed by atoms with E-state index < -0.39 is 0 Å². The molecular weight excluding hydrogens is 214 g/mol. The zero-order valence-electron chi connectivity index (χ0n) is 12.5. The summed E-state index contributed by atoms with van der Waals surface area (Å²) in [7, 11) is 4.38. The van der Waals surface area contributed by atoms with Crippen LogP contribution in [0, 0.1) is 5.41 Å². The van der Waals surface area contributed by atoms with E-state index in [-0.39, 0.29) is 11.4 Å². The van der Waals surface area contributed by atoms with Crippen molar-refractivity contribution in [3.05, 3.63) is 0 Å². The number of nitrogens with zero attached hydrogens (tertiary/aromatic N) is 1. The summed E-state index contributed by atoms with van der Waals surface area (Å²) in [5.74, 6) is -0.0736. The molecule has 0 aliphatic heterocycles. The van der Waals surface area contributed by atoms with Gasteiger partial charge in [0.05, 0.1) is 26.1 Å². The number of unbranched alkanes of at least 4 members (excludes halogenated alkanes) is 1. The zero-order chi connectivity index (χ0) is 13.5. The standard InChI is InChI=1S/C14H30NO2/c1-7-9-10-15(5,6)11-12-17-13(16)14(3,4)8-2/h7-12H2,1-6H3/q+1. The maximum Gasteiger partial charge on any atom is 0.311 e. The van der Waals surface area contributed by atoms with Crippen LogP contribution in [-0.4, -0.2) is 44.2 Å². The Morgan fingerprint density at radius 1 is 1.18 bits per heavy atom. The molecule has 0 heterocycles. The van der Waals surface area contributed by atoms with Gasteiger partial charge in [-0.25, -0.2) is 0 Å². The molecular formula is C14H30NO2+. The van der Waals surface area contributed by atoms with Gasteiger partial charge >= 0.3 is 5.97 Å².